The number of hydrogen-bond acceptors (Lipinski definition) is 4. The Hall–Kier alpha value is -1.72. The zero-order chi connectivity index (χ0) is 11.7. The predicted molar refractivity (Wildman–Crippen MR) is 67.5 cm³/mol. The van der Waals surface area contributed by atoms with Crippen LogP contribution in [0.4, 0.5) is 0 Å². The average Bonchev–Trinajstić information content (AvgIpc) is 3.00. The third-order valence-electron chi connectivity index (χ3n) is 2.22. The van der Waals surface area contributed by atoms with E-state index in [0.717, 1.165) is 10.6 Å². The van der Waals surface area contributed by atoms with Crippen LogP contribution in [-0.4, -0.2) is 20.2 Å². The normalized spacial score (nSPS) is 10.6. The van der Waals surface area contributed by atoms with Gasteiger partial charge in [-0.05, 0) is 47.0 Å². The number of rotatable bonds is 2. The fourth-order valence-corrected chi connectivity index (χ4v) is 2.16. The molecular formula is C11H7ClN4S. The van der Waals surface area contributed by atoms with Crippen LogP contribution in [0.1, 0.15) is 0 Å². The second-order valence-electron chi connectivity index (χ2n) is 3.36. The molecule has 0 N–H and O–H groups in total. The van der Waals surface area contributed by atoms with E-state index in [1.165, 1.54) is 4.80 Å². The van der Waals surface area contributed by atoms with Crippen LogP contribution in [0.2, 0.25) is 5.02 Å². The van der Waals surface area contributed by atoms with Crippen molar-refractivity contribution in [2.45, 2.75) is 0 Å². The van der Waals surface area contributed by atoms with Crippen LogP contribution in [0.15, 0.2) is 41.8 Å². The quantitative estimate of drug-likeness (QED) is 0.713. The van der Waals surface area contributed by atoms with Crippen LogP contribution in [0, 0.1) is 0 Å². The molecular weight excluding hydrogens is 256 g/mol. The van der Waals surface area contributed by atoms with Gasteiger partial charge in [-0.15, -0.1) is 26.3 Å². The number of thiophene rings is 1. The van der Waals surface area contributed by atoms with Crippen molar-refractivity contribution in [1.82, 2.24) is 20.2 Å². The van der Waals surface area contributed by atoms with Crippen molar-refractivity contribution >= 4 is 22.9 Å². The second kappa shape index (κ2) is 4.27. The standard InChI is InChI=1S/C11H7ClN4S/c12-9-5-3-8(4-6-9)11-13-15-16(14-11)10-2-1-7-17-10/h1-7H. The molecule has 3 rings (SSSR count). The molecule has 84 valence electrons. The maximum Gasteiger partial charge on any atom is 0.205 e. The lowest BCUT2D eigenvalue weighted by molar-refractivity contribution is 0.731. The summed E-state index contributed by atoms with van der Waals surface area (Å²) in [5.74, 6) is 0.593. The molecule has 0 fully saturated rings. The maximum absolute atomic E-state index is 5.83. The van der Waals surface area contributed by atoms with Crippen molar-refractivity contribution in [2.75, 3.05) is 0 Å². The molecule has 4 nitrogen and oxygen atoms in total. The van der Waals surface area contributed by atoms with Crippen molar-refractivity contribution in [3.63, 3.8) is 0 Å². The van der Waals surface area contributed by atoms with Crippen LogP contribution >= 0.6 is 22.9 Å². The summed E-state index contributed by atoms with van der Waals surface area (Å²) in [7, 11) is 0. The Morgan fingerprint density at radius 3 is 2.65 bits per heavy atom. The van der Waals surface area contributed by atoms with Gasteiger partial charge in [0, 0.05) is 10.6 Å². The number of aromatic nitrogens is 4. The molecule has 0 aliphatic rings. The summed E-state index contributed by atoms with van der Waals surface area (Å²) in [6.07, 6.45) is 0. The van der Waals surface area contributed by atoms with Crippen LogP contribution in [0.3, 0.4) is 0 Å². The van der Waals surface area contributed by atoms with E-state index in [4.69, 9.17) is 11.6 Å². The molecule has 0 atom stereocenters. The van der Waals surface area contributed by atoms with Crippen LogP contribution < -0.4 is 0 Å². The highest BCUT2D eigenvalue weighted by atomic mass is 35.5. The van der Waals surface area contributed by atoms with Gasteiger partial charge in [0.1, 0.15) is 5.00 Å². The minimum Gasteiger partial charge on any atom is -0.125 e. The summed E-state index contributed by atoms with van der Waals surface area (Å²) in [5, 5.41) is 16.0. The van der Waals surface area contributed by atoms with E-state index in [2.05, 4.69) is 15.4 Å². The van der Waals surface area contributed by atoms with Gasteiger partial charge in [-0.3, -0.25) is 0 Å². The molecule has 0 aliphatic carbocycles. The monoisotopic (exact) mass is 262 g/mol. The fourth-order valence-electron chi connectivity index (χ4n) is 1.41. The van der Waals surface area contributed by atoms with Gasteiger partial charge in [0.05, 0.1) is 0 Å². The molecule has 0 amide bonds. The van der Waals surface area contributed by atoms with Crippen molar-refractivity contribution in [2.24, 2.45) is 0 Å². The Bertz CT molecular complexity index is 615. The first-order chi connectivity index (χ1) is 8.33. The molecule has 2 heterocycles. The van der Waals surface area contributed by atoms with Gasteiger partial charge in [0.25, 0.3) is 0 Å². The maximum atomic E-state index is 5.83. The highest BCUT2D eigenvalue weighted by Gasteiger charge is 2.07. The number of nitrogens with zero attached hydrogens (tertiary/aromatic N) is 4. The highest BCUT2D eigenvalue weighted by molar-refractivity contribution is 7.12. The molecule has 17 heavy (non-hydrogen) atoms. The molecule has 6 heteroatoms. The van der Waals surface area contributed by atoms with Crippen molar-refractivity contribution in [3.05, 3.63) is 46.8 Å². The fraction of sp³-hybridized carbons (Fsp3) is 0. The zero-order valence-electron chi connectivity index (χ0n) is 8.62. The van der Waals surface area contributed by atoms with Crippen molar-refractivity contribution < 1.29 is 0 Å². The zero-order valence-corrected chi connectivity index (χ0v) is 10.2. The average molecular weight is 263 g/mol. The third kappa shape index (κ3) is 2.07. The summed E-state index contributed by atoms with van der Waals surface area (Å²) >= 11 is 7.39. The van der Waals surface area contributed by atoms with Gasteiger partial charge in [0.15, 0.2) is 0 Å². The van der Waals surface area contributed by atoms with E-state index in [9.17, 15) is 0 Å². The van der Waals surface area contributed by atoms with Crippen LogP contribution in [0.25, 0.3) is 16.4 Å². The molecule has 3 aromatic rings. The summed E-state index contributed by atoms with van der Waals surface area (Å²) in [6, 6.07) is 11.3. The molecule has 0 radical (unpaired) electrons. The summed E-state index contributed by atoms with van der Waals surface area (Å²) in [6.45, 7) is 0. The minimum atomic E-state index is 0.593. The van der Waals surface area contributed by atoms with Gasteiger partial charge in [-0.2, -0.15) is 0 Å². The Morgan fingerprint density at radius 1 is 1.12 bits per heavy atom. The van der Waals surface area contributed by atoms with E-state index in [0.29, 0.717) is 10.8 Å². The van der Waals surface area contributed by atoms with Gasteiger partial charge >= 0.3 is 0 Å². The van der Waals surface area contributed by atoms with Gasteiger partial charge in [-0.25, -0.2) is 0 Å². The lowest BCUT2D eigenvalue weighted by Crippen LogP contribution is -1.95. The van der Waals surface area contributed by atoms with Crippen LogP contribution in [0.5, 0.6) is 0 Å². The van der Waals surface area contributed by atoms with Gasteiger partial charge in [0.2, 0.25) is 5.82 Å². The molecule has 0 aliphatic heterocycles. The Balaban J connectivity index is 1.98. The molecule has 0 saturated heterocycles. The Morgan fingerprint density at radius 2 is 1.94 bits per heavy atom. The lowest BCUT2D eigenvalue weighted by Gasteiger charge is -1.94. The summed E-state index contributed by atoms with van der Waals surface area (Å²) in [5.41, 5.74) is 0.900. The molecule has 0 bridgehead atoms. The largest absolute Gasteiger partial charge is 0.205 e. The minimum absolute atomic E-state index is 0.593. The summed E-state index contributed by atoms with van der Waals surface area (Å²) in [4.78, 5) is 1.52. The molecule has 0 saturated carbocycles. The number of benzene rings is 1. The van der Waals surface area contributed by atoms with E-state index < -0.39 is 0 Å². The topological polar surface area (TPSA) is 43.6 Å². The first-order valence-electron chi connectivity index (χ1n) is 4.93. The first-order valence-corrected chi connectivity index (χ1v) is 6.18. The lowest BCUT2D eigenvalue weighted by atomic mass is 10.2. The SMILES string of the molecule is Clc1ccc(-c2nnn(-c3cccs3)n2)cc1. The molecule has 0 spiro atoms. The second-order valence-corrected chi connectivity index (χ2v) is 4.72. The third-order valence-corrected chi connectivity index (χ3v) is 3.31. The number of halogens is 1. The van der Waals surface area contributed by atoms with Crippen molar-refractivity contribution in [1.29, 1.82) is 0 Å². The first kappa shape index (κ1) is 10.4. The van der Waals surface area contributed by atoms with E-state index in [1.807, 2.05) is 41.8 Å². The number of tetrazole rings is 1. The van der Waals surface area contributed by atoms with E-state index in [1.54, 1.807) is 11.3 Å². The molecule has 0 unspecified atom stereocenters. The predicted octanol–water partition coefficient (Wildman–Crippen LogP) is 3.04. The van der Waals surface area contributed by atoms with Crippen molar-refractivity contribution in [3.8, 4) is 16.4 Å². The molecule has 2 aromatic heterocycles. The molecule has 1 aromatic carbocycles. The van der Waals surface area contributed by atoms with Gasteiger partial charge in [-0.1, -0.05) is 11.6 Å². The van der Waals surface area contributed by atoms with Gasteiger partial charge < -0.3 is 0 Å². The van der Waals surface area contributed by atoms with E-state index >= 15 is 0 Å². The van der Waals surface area contributed by atoms with E-state index in [-0.39, 0.29) is 0 Å². The summed E-state index contributed by atoms with van der Waals surface area (Å²) < 4.78 is 0. The smallest absolute Gasteiger partial charge is 0.125 e. The highest BCUT2D eigenvalue weighted by Crippen LogP contribution is 2.18. The number of hydrogen-bond donors (Lipinski definition) is 0. The van der Waals surface area contributed by atoms with Crippen LogP contribution in [-0.2, 0) is 0 Å². The Labute approximate surface area is 106 Å². The Kier molecular flexibility index (Phi) is 2.62.